The Morgan fingerprint density at radius 1 is 1.00 bits per heavy atom. The van der Waals surface area contributed by atoms with Gasteiger partial charge in [0, 0.05) is 12.6 Å². The number of carbonyl (C=O) groups is 2. The lowest BCUT2D eigenvalue weighted by Crippen LogP contribution is -2.49. The smallest absolute Gasteiger partial charge is 0.416 e. The zero-order chi connectivity index (χ0) is 33.3. The van der Waals surface area contributed by atoms with Gasteiger partial charge < -0.3 is 19.8 Å². The number of alkyl halides is 3. The lowest BCUT2D eigenvalue weighted by Gasteiger charge is -2.29. The van der Waals surface area contributed by atoms with E-state index in [2.05, 4.69) is 20.5 Å². The highest BCUT2D eigenvalue weighted by molar-refractivity contribution is 7.18. The highest BCUT2D eigenvalue weighted by Crippen LogP contribution is 2.32. The summed E-state index contributed by atoms with van der Waals surface area (Å²) in [7, 11) is 1.63. The SMILES string of the molecule is Cn1c(=O)[nH]c2ccc(-c3nnc(N(CC(Cc4ccc(C(F)(F)F)cc4)NC(=O)OC(C)(C)C)C(=O)OC(C)(C)C)s3)cc21. The Morgan fingerprint density at radius 2 is 1.64 bits per heavy atom. The van der Waals surface area contributed by atoms with Gasteiger partial charge in [-0.25, -0.2) is 19.3 Å². The molecule has 2 N–H and O–H groups in total. The van der Waals surface area contributed by atoms with E-state index in [1.165, 1.54) is 21.6 Å². The van der Waals surface area contributed by atoms with Crippen LogP contribution in [0.25, 0.3) is 21.6 Å². The summed E-state index contributed by atoms with van der Waals surface area (Å²) < 4.78 is 52.0. The number of nitrogens with zero attached hydrogens (tertiary/aromatic N) is 4. The number of rotatable bonds is 7. The molecule has 4 aromatic rings. The summed E-state index contributed by atoms with van der Waals surface area (Å²) in [5.41, 5.74) is -0.359. The molecule has 0 aliphatic carbocycles. The fourth-order valence-corrected chi connectivity index (χ4v) is 5.16. The van der Waals surface area contributed by atoms with Crippen LogP contribution >= 0.6 is 11.3 Å². The molecule has 2 amide bonds. The molecule has 0 bridgehead atoms. The van der Waals surface area contributed by atoms with Crippen molar-refractivity contribution in [3.63, 3.8) is 0 Å². The predicted octanol–water partition coefficient (Wildman–Crippen LogP) is 6.28. The van der Waals surface area contributed by atoms with Crippen molar-refractivity contribution in [3.8, 4) is 10.6 Å². The summed E-state index contributed by atoms with van der Waals surface area (Å²) >= 11 is 1.09. The van der Waals surface area contributed by atoms with E-state index in [-0.39, 0.29) is 23.8 Å². The molecule has 0 aliphatic rings. The van der Waals surface area contributed by atoms with Crippen LogP contribution in [0.15, 0.2) is 47.3 Å². The Morgan fingerprint density at radius 3 is 2.24 bits per heavy atom. The summed E-state index contributed by atoms with van der Waals surface area (Å²) in [5, 5.41) is 11.9. The molecule has 2 aromatic carbocycles. The number of aromatic amines is 1. The number of carbonyl (C=O) groups excluding carboxylic acids is 2. The predicted molar refractivity (Wildman–Crippen MR) is 164 cm³/mol. The van der Waals surface area contributed by atoms with Gasteiger partial charge in [0.15, 0.2) is 0 Å². The molecule has 15 heteroatoms. The minimum Gasteiger partial charge on any atom is -0.444 e. The second kappa shape index (κ2) is 12.5. The Labute approximate surface area is 261 Å². The fraction of sp³-hybridized carbons (Fsp3) is 0.433. The maximum atomic E-state index is 13.5. The van der Waals surface area contributed by atoms with Gasteiger partial charge in [-0.1, -0.05) is 23.5 Å². The van der Waals surface area contributed by atoms with Crippen molar-refractivity contribution < 1.29 is 32.2 Å². The van der Waals surface area contributed by atoms with Gasteiger partial charge in [0.1, 0.15) is 16.2 Å². The number of aromatic nitrogens is 4. The largest absolute Gasteiger partial charge is 0.444 e. The molecule has 1 unspecified atom stereocenters. The van der Waals surface area contributed by atoms with E-state index < -0.39 is 41.2 Å². The molecular formula is C30H35F3N6O5S. The zero-order valence-electron chi connectivity index (χ0n) is 25.9. The van der Waals surface area contributed by atoms with E-state index in [0.717, 1.165) is 23.5 Å². The number of hydrogen-bond donors (Lipinski definition) is 2. The maximum Gasteiger partial charge on any atom is 0.416 e. The van der Waals surface area contributed by atoms with Crippen LogP contribution in [0.4, 0.5) is 27.9 Å². The molecular weight excluding hydrogens is 613 g/mol. The van der Waals surface area contributed by atoms with E-state index in [1.807, 2.05) is 0 Å². The summed E-state index contributed by atoms with van der Waals surface area (Å²) in [6.07, 6.45) is -5.99. The van der Waals surface area contributed by atoms with E-state index in [1.54, 1.807) is 66.8 Å². The Kier molecular flexibility index (Phi) is 9.33. The standard InChI is InChI=1S/C30H35F3N6O5S/c1-28(2,3)43-26(41)34-20(14-17-8-11-19(12-9-17)30(31,32)33)16-39(27(42)44-29(4,5)6)25-37-36-23(45-25)18-10-13-21-22(15-18)38(7)24(40)35-21/h8-13,15,20H,14,16H2,1-7H3,(H,34,41)(H,35,40). The van der Waals surface area contributed by atoms with Crippen molar-refractivity contribution >= 4 is 39.7 Å². The number of amides is 2. The summed E-state index contributed by atoms with van der Waals surface area (Å²) in [4.78, 5) is 42.4. The number of halogens is 3. The average molecular weight is 649 g/mol. The molecule has 242 valence electrons. The van der Waals surface area contributed by atoms with E-state index in [0.29, 0.717) is 27.2 Å². The van der Waals surface area contributed by atoms with Gasteiger partial charge in [0.25, 0.3) is 0 Å². The van der Waals surface area contributed by atoms with Crippen LogP contribution < -0.4 is 15.9 Å². The minimum absolute atomic E-state index is 0.0561. The molecule has 0 saturated carbocycles. The Balaban J connectivity index is 1.68. The number of anilines is 1. The van der Waals surface area contributed by atoms with Crippen LogP contribution in [-0.4, -0.2) is 55.7 Å². The lowest BCUT2D eigenvalue weighted by atomic mass is 10.0. The normalized spacial score (nSPS) is 13.0. The van der Waals surface area contributed by atoms with Gasteiger partial charge in [-0.15, -0.1) is 10.2 Å². The number of imidazole rings is 1. The third-order valence-corrected chi connectivity index (χ3v) is 7.29. The number of ether oxygens (including phenoxy) is 2. The molecule has 1 atom stereocenters. The van der Waals surface area contributed by atoms with E-state index >= 15 is 0 Å². The van der Waals surface area contributed by atoms with Gasteiger partial charge in [-0.3, -0.25) is 4.57 Å². The number of H-pyrrole nitrogens is 1. The summed E-state index contributed by atoms with van der Waals surface area (Å²) in [6, 6.07) is 8.99. The van der Waals surface area contributed by atoms with Crippen LogP contribution in [0.3, 0.4) is 0 Å². The first-order chi connectivity index (χ1) is 20.8. The van der Waals surface area contributed by atoms with Gasteiger partial charge >= 0.3 is 24.1 Å². The van der Waals surface area contributed by atoms with Gasteiger partial charge in [0.2, 0.25) is 5.13 Å². The molecule has 0 radical (unpaired) electrons. The average Bonchev–Trinajstić information content (AvgIpc) is 3.49. The number of fused-ring (bicyclic) bond motifs is 1. The van der Waals surface area contributed by atoms with Crippen LogP contribution in [0.2, 0.25) is 0 Å². The molecule has 0 fully saturated rings. The fourth-order valence-electron chi connectivity index (χ4n) is 4.32. The quantitative estimate of drug-likeness (QED) is 0.241. The number of hydrogen-bond acceptors (Lipinski definition) is 8. The van der Waals surface area contributed by atoms with Gasteiger partial charge in [-0.2, -0.15) is 13.2 Å². The van der Waals surface area contributed by atoms with Crippen molar-refractivity contribution in [2.75, 3.05) is 11.4 Å². The first kappa shape index (κ1) is 33.5. The first-order valence-corrected chi connectivity index (χ1v) is 14.8. The number of nitrogens with one attached hydrogen (secondary N) is 2. The molecule has 2 heterocycles. The van der Waals surface area contributed by atoms with Crippen LogP contribution in [0.1, 0.15) is 52.7 Å². The second-order valence-electron chi connectivity index (χ2n) is 12.4. The number of alkyl carbamates (subject to hydrolysis) is 1. The molecule has 4 rings (SSSR count). The molecule has 0 saturated heterocycles. The van der Waals surface area contributed by atoms with E-state index in [4.69, 9.17) is 9.47 Å². The molecule has 2 aromatic heterocycles. The highest BCUT2D eigenvalue weighted by Gasteiger charge is 2.32. The van der Waals surface area contributed by atoms with Crippen LogP contribution in [0, 0.1) is 0 Å². The van der Waals surface area contributed by atoms with Crippen molar-refractivity contribution in [2.24, 2.45) is 7.05 Å². The van der Waals surface area contributed by atoms with Crippen molar-refractivity contribution in [1.29, 1.82) is 0 Å². The molecule has 11 nitrogen and oxygen atoms in total. The van der Waals surface area contributed by atoms with Gasteiger partial charge in [-0.05, 0) is 83.9 Å². The van der Waals surface area contributed by atoms with Crippen molar-refractivity contribution in [3.05, 3.63) is 64.1 Å². The zero-order valence-corrected chi connectivity index (χ0v) is 26.7. The lowest BCUT2D eigenvalue weighted by molar-refractivity contribution is -0.137. The first-order valence-electron chi connectivity index (χ1n) is 14.0. The third-order valence-electron chi connectivity index (χ3n) is 6.30. The summed E-state index contributed by atoms with van der Waals surface area (Å²) in [5.74, 6) is 0. The van der Waals surface area contributed by atoms with E-state index in [9.17, 15) is 27.6 Å². The molecule has 0 spiro atoms. The van der Waals surface area contributed by atoms with Crippen molar-refractivity contribution in [2.45, 2.75) is 71.4 Å². The summed E-state index contributed by atoms with van der Waals surface area (Å²) in [6.45, 7) is 9.99. The monoisotopic (exact) mass is 648 g/mol. The third kappa shape index (κ3) is 8.84. The number of benzene rings is 2. The van der Waals surface area contributed by atoms with Crippen LogP contribution in [-0.2, 0) is 29.1 Å². The van der Waals surface area contributed by atoms with Crippen LogP contribution in [0.5, 0.6) is 0 Å². The minimum atomic E-state index is -4.50. The maximum absolute atomic E-state index is 13.5. The Bertz CT molecular complexity index is 1730. The van der Waals surface area contributed by atoms with Gasteiger partial charge in [0.05, 0.1) is 29.2 Å². The number of aryl methyl sites for hydroxylation is 1. The molecule has 0 aliphatic heterocycles. The molecule has 45 heavy (non-hydrogen) atoms. The highest BCUT2D eigenvalue weighted by atomic mass is 32.1. The van der Waals surface area contributed by atoms with Crippen molar-refractivity contribution in [1.82, 2.24) is 25.1 Å². The topological polar surface area (TPSA) is 131 Å². The Hall–Kier alpha value is -4.40. The second-order valence-corrected chi connectivity index (χ2v) is 13.4.